The molecule has 13 heteroatoms. The summed E-state index contributed by atoms with van der Waals surface area (Å²) in [5.74, 6) is -1.39. The first-order valence-electron chi connectivity index (χ1n) is 9.52. The van der Waals surface area contributed by atoms with Crippen LogP contribution in [0, 0.1) is 19.7 Å². The van der Waals surface area contributed by atoms with Crippen LogP contribution in [-0.2, 0) is 6.18 Å². The van der Waals surface area contributed by atoms with Crippen molar-refractivity contribution in [1.29, 1.82) is 0 Å². The third-order valence-corrected chi connectivity index (χ3v) is 5.07. The highest BCUT2D eigenvalue weighted by molar-refractivity contribution is 6.33. The van der Waals surface area contributed by atoms with Crippen LogP contribution in [0.25, 0.3) is 5.69 Å². The van der Waals surface area contributed by atoms with Crippen LogP contribution < -0.4 is 15.9 Å². The number of hydrazine groups is 1. The second kappa shape index (κ2) is 8.45. The molecule has 172 valence electrons. The molecule has 1 aliphatic rings. The Morgan fingerprint density at radius 3 is 2.64 bits per heavy atom. The molecule has 2 aromatic heterocycles. The second-order valence-electron chi connectivity index (χ2n) is 7.10. The Labute approximate surface area is 189 Å². The summed E-state index contributed by atoms with van der Waals surface area (Å²) in [7, 11) is 0. The monoisotopic (exact) mass is 481 g/mol. The van der Waals surface area contributed by atoms with Gasteiger partial charge in [0.25, 0.3) is 5.91 Å². The second-order valence-corrected chi connectivity index (χ2v) is 7.51. The quantitative estimate of drug-likeness (QED) is 0.544. The zero-order valence-electron chi connectivity index (χ0n) is 17.2. The van der Waals surface area contributed by atoms with Crippen molar-refractivity contribution >= 4 is 35.2 Å². The molecular formula is C20H16ClF4N7O. The van der Waals surface area contributed by atoms with E-state index in [2.05, 4.69) is 25.9 Å². The van der Waals surface area contributed by atoms with Crippen LogP contribution in [0.5, 0.6) is 0 Å². The largest absolute Gasteiger partial charge is 0.434 e. The SMILES string of the molecule is Cc1cc(F)ccc1-n1ncc(C(=O)Nc2cc(Cl)c(N3N=CCN3)nc2C)c1C(F)(F)F. The Morgan fingerprint density at radius 1 is 1.24 bits per heavy atom. The van der Waals surface area contributed by atoms with E-state index in [-0.39, 0.29) is 27.8 Å². The third kappa shape index (κ3) is 4.39. The summed E-state index contributed by atoms with van der Waals surface area (Å²) in [5.41, 5.74) is 1.53. The molecule has 4 rings (SSSR count). The van der Waals surface area contributed by atoms with Gasteiger partial charge in [-0.2, -0.15) is 28.5 Å². The molecule has 0 atom stereocenters. The molecule has 0 saturated carbocycles. The van der Waals surface area contributed by atoms with Crippen molar-refractivity contribution in [3.8, 4) is 5.69 Å². The predicted molar refractivity (Wildman–Crippen MR) is 114 cm³/mol. The number of nitrogens with zero attached hydrogens (tertiary/aromatic N) is 5. The summed E-state index contributed by atoms with van der Waals surface area (Å²) in [4.78, 5) is 17.1. The van der Waals surface area contributed by atoms with E-state index in [1.807, 2.05) is 0 Å². The fourth-order valence-corrected chi connectivity index (χ4v) is 3.51. The predicted octanol–water partition coefficient (Wildman–Crippen LogP) is 4.26. The van der Waals surface area contributed by atoms with E-state index in [0.29, 0.717) is 16.9 Å². The van der Waals surface area contributed by atoms with Crippen molar-refractivity contribution in [2.75, 3.05) is 17.0 Å². The first-order valence-corrected chi connectivity index (χ1v) is 9.90. The number of hydrogen-bond acceptors (Lipinski definition) is 6. The van der Waals surface area contributed by atoms with E-state index in [0.717, 1.165) is 24.4 Å². The molecule has 0 aliphatic carbocycles. The lowest BCUT2D eigenvalue weighted by atomic mass is 10.1. The van der Waals surface area contributed by atoms with Crippen molar-refractivity contribution in [3.63, 3.8) is 0 Å². The Morgan fingerprint density at radius 2 is 2.00 bits per heavy atom. The van der Waals surface area contributed by atoms with Crippen molar-refractivity contribution in [2.45, 2.75) is 20.0 Å². The molecular weight excluding hydrogens is 466 g/mol. The Kier molecular flexibility index (Phi) is 5.80. The number of halogens is 5. The lowest BCUT2D eigenvalue weighted by molar-refractivity contribution is -0.143. The molecule has 0 saturated heterocycles. The highest BCUT2D eigenvalue weighted by atomic mass is 35.5. The van der Waals surface area contributed by atoms with Gasteiger partial charge in [-0.3, -0.25) is 4.79 Å². The average Bonchev–Trinajstić information content (AvgIpc) is 3.40. The van der Waals surface area contributed by atoms with Gasteiger partial charge in [-0.25, -0.2) is 19.5 Å². The molecule has 33 heavy (non-hydrogen) atoms. The Bertz CT molecular complexity index is 1270. The number of carbonyl (C=O) groups is 1. The van der Waals surface area contributed by atoms with Crippen LogP contribution in [0.15, 0.2) is 35.6 Å². The zero-order valence-corrected chi connectivity index (χ0v) is 18.0. The minimum absolute atomic E-state index is 0.00770. The number of rotatable bonds is 4. The molecule has 1 amide bonds. The van der Waals surface area contributed by atoms with Crippen LogP contribution in [0.4, 0.5) is 29.1 Å². The number of pyridine rings is 1. The molecule has 1 aromatic carbocycles. The van der Waals surface area contributed by atoms with Crippen LogP contribution in [0.1, 0.15) is 27.3 Å². The van der Waals surface area contributed by atoms with Gasteiger partial charge in [0.2, 0.25) is 0 Å². The van der Waals surface area contributed by atoms with Gasteiger partial charge in [0, 0.05) is 6.21 Å². The maximum absolute atomic E-state index is 13.9. The van der Waals surface area contributed by atoms with Crippen molar-refractivity contribution in [2.24, 2.45) is 5.10 Å². The van der Waals surface area contributed by atoms with E-state index in [1.165, 1.54) is 18.1 Å². The molecule has 0 radical (unpaired) electrons. The number of carbonyl (C=O) groups excluding carboxylic acids is 1. The number of aryl methyl sites for hydroxylation is 2. The van der Waals surface area contributed by atoms with Gasteiger partial charge in [0.15, 0.2) is 11.5 Å². The van der Waals surface area contributed by atoms with Crippen LogP contribution in [0.2, 0.25) is 5.02 Å². The van der Waals surface area contributed by atoms with Crippen molar-refractivity contribution in [3.05, 3.63) is 63.8 Å². The van der Waals surface area contributed by atoms with E-state index in [4.69, 9.17) is 11.6 Å². The van der Waals surface area contributed by atoms with Gasteiger partial charge in [-0.05, 0) is 43.7 Å². The van der Waals surface area contributed by atoms with Crippen molar-refractivity contribution in [1.82, 2.24) is 20.2 Å². The first-order chi connectivity index (χ1) is 15.6. The minimum Gasteiger partial charge on any atom is -0.320 e. The van der Waals surface area contributed by atoms with Crippen molar-refractivity contribution < 1.29 is 22.4 Å². The fourth-order valence-electron chi connectivity index (χ4n) is 3.28. The summed E-state index contributed by atoms with van der Waals surface area (Å²) in [6.45, 7) is 3.48. The Balaban J connectivity index is 1.70. The summed E-state index contributed by atoms with van der Waals surface area (Å²) in [6, 6.07) is 4.63. The Hall–Kier alpha value is -3.51. The van der Waals surface area contributed by atoms with E-state index in [1.54, 1.807) is 13.1 Å². The van der Waals surface area contributed by atoms with Crippen LogP contribution in [-0.4, -0.2) is 33.4 Å². The number of nitrogens with one attached hydrogen (secondary N) is 2. The number of hydrazone groups is 1. The number of hydrogen-bond donors (Lipinski definition) is 2. The fraction of sp³-hybridized carbons (Fsp3) is 0.200. The number of benzene rings is 1. The van der Waals surface area contributed by atoms with E-state index in [9.17, 15) is 22.4 Å². The maximum atomic E-state index is 13.9. The number of anilines is 2. The number of aromatic nitrogens is 3. The number of alkyl halides is 3. The number of amides is 1. The molecule has 0 bridgehead atoms. The van der Waals surface area contributed by atoms with E-state index >= 15 is 0 Å². The topological polar surface area (TPSA) is 87.4 Å². The molecule has 0 unspecified atom stereocenters. The summed E-state index contributed by atoms with van der Waals surface area (Å²) >= 11 is 6.23. The van der Waals surface area contributed by atoms with Gasteiger partial charge < -0.3 is 5.32 Å². The summed E-state index contributed by atoms with van der Waals surface area (Å²) in [6.07, 6.45) is -2.51. The highest BCUT2D eigenvalue weighted by Gasteiger charge is 2.41. The van der Waals surface area contributed by atoms with Gasteiger partial charge in [-0.1, -0.05) is 11.6 Å². The normalized spacial score (nSPS) is 13.6. The smallest absolute Gasteiger partial charge is 0.320 e. The summed E-state index contributed by atoms with van der Waals surface area (Å²) < 4.78 is 55.8. The molecule has 2 N–H and O–H groups in total. The molecule has 8 nitrogen and oxygen atoms in total. The molecule has 1 aliphatic heterocycles. The zero-order chi connectivity index (χ0) is 23.9. The molecule has 0 fully saturated rings. The van der Waals surface area contributed by atoms with Crippen LogP contribution in [0.3, 0.4) is 0 Å². The third-order valence-electron chi connectivity index (χ3n) is 4.80. The molecule has 3 heterocycles. The maximum Gasteiger partial charge on any atom is 0.434 e. The first kappa shape index (κ1) is 22.7. The minimum atomic E-state index is -4.92. The van der Waals surface area contributed by atoms with Gasteiger partial charge in [0.05, 0.1) is 40.4 Å². The van der Waals surface area contributed by atoms with Gasteiger partial charge in [0.1, 0.15) is 5.82 Å². The highest BCUT2D eigenvalue weighted by Crippen LogP contribution is 2.35. The lowest BCUT2D eigenvalue weighted by Crippen LogP contribution is -2.29. The van der Waals surface area contributed by atoms with Gasteiger partial charge in [-0.15, -0.1) is 0 Å². The molecule has 3 aromatic rings. The van der Waals surface area contributed by atoms with E-state index < -0.39 is 29.2 Å². The standard InChI is InChI=1S/C20H16ClF4N7O/c1-10-7-12(22)3-4-16(10)31-17(20(23,24)25)13(9-28-31)19(33)30-15-8-14(21)18(29-11(15)2)32-26-5-6-27-32/h3-5,7-9,27H,6H2,1-2H3,(H,30,33). The van der Waals surface area contributed by atoms with Crippen LogP contribution >= 0.6 is 11.6 Å². The van der Waals surface area contributed by atoms with Gasteiger partial charge >= 0.3 is 6.18 Å². The summed E-state index contributed by atoms with van der Waals surface area (Å²) in [5, 5.41) is 11.7. The average molecular weight is 482 g/mol. The molecule has 0 spiro atoms. The lowest BCUT2D eigenvalue weighted by Gasteiger charge is -2.17.